The van der Waals surface area contributed by atoms with E-state index in [2.05, 4.69) is 72.3 Å². The first-order valence-electron chi connectivity index (χ1n) is 11.3. The normalized spacial score (nSPS) is 12.2. The van der Waals surface area contributed by atoms with Crippen molar-refractivity contribution in [2.45, 2.75) is 13.5 Å². The standard InChI is InChI=1S/C29H27N3O/c1-3-31-25-16-10-11-17-26(25)32(29(33)23-14-8-5-9-15-23)27-19-18-24(20-28(27)31)30(2)21-22-12-6-4-7-13-22/h4-20H,3,21H2,1-2H3. The molecule has 0 saturated carbocycles. The molecule has 0 atom stereocenters. The highest BCUT2D eigenvalue weighted by Gasteiger charge is 2.32. The van der Waals surface area contributed by atoms with Crippen LogP contribution in [0.1, 0.15) is 22.8 Å². The van der Waals surface area contributed by atoms with Gasteiger partial charge in [-0.2, -0.15) is 0 Å². The summed E-state index contributed by atoms with van der Waals surface area (Å²) in [6.07, 6.45) is 0. The summed E-state index contributed by atoms with van der Waals surface area (Å²) in [4.78, 5) is 20.1. The number of rotatable bonds is 5. The number of nitrogens with zero attached hydrogens (tertiary/aromatic N) is 3. The molecule has 0 spiro atoms. The zero-order chi connectivity index (χ0) is 22.8. The number of hydrogen-bond acceptors (Lipinski definition) is 3. The number of carbonyl (C=O) groups excluding carboxylic acids is 1. The molecule has 0 unspecified atom stereocenters. The van der Waals surface area contributed by atoms with Gasteiger partial charge in [-0.05, 0) is 55.0 Å². The maximum Gasteiger partial charge on any atom is 0.262 e. The number of carbonyl (C=O) groups is 1. The van der Waals surface area contributed by atoms with E-state index < -0.39 is 0 Å². The fourth-order valence-corrected chi connectivity index (χ4v) is 4.51. The molecule has 4 aromatic rings. The molecule has 0 radical (unpaired) electrons. The van der Waals surface area contributed by atoms with Gasteiger partial charge >= 0.3 is 0 Å². The van der Waals surface area contributed by atoms with Gasteiger partial charge in [0.15, 0.2) is 0 Å². The molecule has 4 nitrogen and oxygen atoms in total. The van der Waals surface area contributed by atoms with Crippen LogP contribution >= 0.6 is 0 Å². The van der Waals surface area contributed by atoms with Gasteiger partial charge in [0.1, 0.15) is 0 Å². The molecule has 5 rings (SSSR count). The Balaban J connectivity index is 1.59. The van der Waals surface area contributed by atoms with Gasteiger partial charge in [-0.15, -0.1) is 0 Å². The third-order valence-electron chi connectivity index (χ3n) is 6.15. The van der Waals surface area contributed by atoms with Crippen LogP contribution in [-0.4, -0.2) is 19.5 Å². The van der Waals surface area contributed by atoms with Crippen molar-refractivity contribution in [3.63, 3.8) is 0 Å². The summed E-state index contributed by atoms with van der Waals surface area (Å²) in [6.45, 7) is 3.77. The van der Waals surface area contributed by atoms with E-state index in [4.69, 9.17) is 0 Å². The minimum absolute atomic E-state index is 0.0227. The highest BCUT2D eigenvalue weighted by atomic mass is 16.2. The third kappa shape index (κ3) is 3.85. The van der Waals surface area contributed by atoms with Gasteiger partial charge in [-0.3, -0.25) is 9.69 Å². The second-order valence-corrected chi connectivity index (χ2v) is 8.25. The number of hydrogen-bond donors (Lipinski definition) is 0. The minimum Gasteiger partial charge on any atom is -0.370 e. The Kier molecular flexibility index (Phi) is 5.57. The largest absolute Gasteiger partial charge is 0.370 e. The second-order valence-electron chi connectivity index (χ2n) is 8.25. The van der Waals surface area contributed by atoms with Crippen LogP contribution in [0, 0.1) is 0 Å². The summed E-state index contributed by atoms with van der Waals surface area (Å²) in [5, 5.41) is 0. The highest BCUT2D eigenvalue weighted by molar-refractivity contribution is 6.16. The van der Waals surface area contributed by atoms with Gasteiger partial charge in [-0.25, -0.2) is 0 Å². The van der Waals surface area contributed by atoms with Crippen molar-refractivity contribution in [1.82, 2.24) is 0 Å². The van der Waals surface area contributed by atoms with E-state index >= 15 is 0 Å². The molecule has 0 fully saturated rings. The molecular formula is C29H27N3O. The summed E-state index contributed by atoms with van der Waals surface area (Å²) in [7, 11) is 2.11. The lowest BCUT2D eigenvalue weighted by molar-refractivity contribution is 0.0999. The van der Waals surface area contributed by atoms with Gasteiger partial charge < -0.3 is 9.80 Å². The molecule has 0 aliphatic carbocycles. The van der Waals surface area contributed by atoms with Crippen LogP contribution in [0.2, 0.25) is 0 Å². The van der Waals surface area contributed by atoms with Crippen LogP contribution < -0.4 is 14.7 Å². The van der Waals surface area contributed by atoms with Crippen molar-refractivity contribution in [3.05, 3.63) is 114 Å². The van der Waals surface area contributed by atoms with E-state index in [1.54, 1.807) is 0 Å². The molecule has 4 heteroatoms. The van der Waals surface area contributed by atoms with E-state index in [9.17, 15) is 4.79 Å². The number of amides is 1. The molecule has 0 aromatic heterocycles. The smallest absolute Gasteiger partial charge is 0.262 e. The Labute approximate surface area is 195 Å². The molecule has 4 aromatic carbocycles. The number of anilines is 5. The third-order valence-corrected chi connectivity index (χ3v) is 6.15. The fourth-order valence-electron chi connectivity index (χ4n) is 4.51. The Morgan fingerprint density at radius 1 is 0.727 bits per heavy atom. The van der Waals surface area contributed by atoms with Gasteiger partial charge in [0.25, 0.3) is 5.91 Å². The number of para-hydroxylation sites is 2. The van der Waals surface area contributed by atoms with E-state index in [1.165, 1.54) is 5.56 Å². The summed E-state index contributed by atoms with van der Waals surface area (Å²) in [5.74, 6) is -0.0227. The van der Waals surface area contributed by atoms with Crippen molar-refractivity contribution in [3.8, 4) is 0 Å². The Morgan fingerprint density at radius 2 is 1.33 bits per heavy atom. The monoisotopic (exact) mass is 433 g/mol. The number of fused-ring (bicyclic) bond motifs is 2. The van der Waals surface area contributed by atoms with Crippen LogP contribution in [-0.2, 0) is 6.54 Å². The SMILES string of the molecule is CCN1c2ccccc2N(C(=O)c2ccccc2)c2ccc(N(C)Cc3ccccc3)cc21. The average molecular weight is 434 g/mol. The summed E-state index contributed by atoms with van der Waals surface area (Å²) in [6, 6.07) is 34.5. The molecule has 1 aliphatic heterocycles. The first-order valence-corrected chi connectivity index (χ1v) is 11.3. The Bertz CT molecular complexity index is 1270. The molecule has 0 N–H and O–H groups in total. The Morgan fingerprint density at radius 3 is 2.03 bits per heavy atom. The maximum atomic E-state index is 13.7. The summed E-state index contributed by atoms with van der Waals surface area (Å²) in [5.41, 5.74) is 6.94. The van der Waals surface area contributed by atoms with Crippen LogP contribution in [0.4, 0.5) is 28.4 Å². The zero-order valence-corrected chi connectivity index (χ0v) is 19.0. The lowest BCUT2D eigenvalue weighted by Gasteiger charge is -2.39. The van der Waals surface area contributed by atoms with Gasteiger partial charge in [0, 0.05) is 31.4 Å². The van der Waals surface area contributed by atoms with Crippen molar-refractivity contribution >= 4 is 34.3 Å². The first kappa shape index (κ1) is 20.8. The van der Waals surface area contributed by atoms with E-state index in [0.717, 1.165) is 41.5 Å². The number of benzene rings is 4. The van der Waals surface area contributed by atoms with E-state index in [1.807, 2.05) is 59.5 Å². The van der Waals surface area contributed by atoms with Gasteiger partial charge in [0.2, 0.25) is 0 Å². The molecule has 0 saturated heterocycles. The van der Waals surface area contributed by atoms with E-state index in [0.29, 0.717) is 5.56 Å². The predicted octanol–water partition coefficient (Wildman–Crippen LogP) is 6.77. The van der Waals surface area contributed by atoms with Crippen molar-refractivity contribution in [1.29, 1.82) is 0 Å². The first-order chi connectivity index (χ1) is 16.2. The predicted molar refractivity (Wildman–Crippen MR) is 137 cm³/mol. The quantitative estimate of drug-likeness (QED) is 0.347. The summed E-state index contributed by atoms with van der Waals surface area (Å²) >= 11 is 0. The Hall–Kier alpha value is -4.05. The van der Waals surface area contributed by atoms with Gasteiger partial charge in [0.05, 0.1) is 22.7 Å². The van der Waals surface area contributed by atoms with Crippen LogP contribution in [0.3, 0.4) is 0 Å². The van der Waals surface area contributed by atoms with Crippen molar-refractivity contribution in [2.24, 2.45) is 0 Å². The van der Waals surface area contributed by atoms with Crippen LogP contribution in [0.15, 0.2) is 103 Å². The molecule has 33 heavy (non-hydrogen) atoms. The van der Waals surface area contributed by atoms with E-state index in [-0.39, 0.29) is 5.91 Å². The lowest BCUT2D eigenvalue weighted by atomic mass is 10.0. The average Bonchev–Trinajstić information content (AvgIpc) is 2.87. The maximum absolute atomic E-state index is 13.7. The highest BCUT2D eigenvalue weighted by Crippen LogP contribution is 2.49. The molecule has 164 valence electrons. The minimum atomic E-state index is -0.0227. The fraction of sp³-hybridized carbons (Fsp3) is 0.138. The zero-order valence-electron chi connectivity index (χ0n) is 19.0. The molecule has 1 aliphatic rings. The van der Waals surface area contributed by atoms with Crippen LogP contribution in [0.25, 0.3) is 0 Å². The molecule has 1 amide bonds. The van der Waals surface area contributed by atoms with Crippen molar-refractivity contribution < 1.29 is 4.79 Å². The van der Waals surface area contributed by atoms with Crippen LogP contribution in [0.5, 0.6) is 0 Å². The molecule has 0 bridgehead atoms. The topological polar surface area (TPSA) is 26.8 Å². The second kappa shape index (κ2) is 8.83. The summed E-state index contributed by atoms with van der Waals surface area (Å²) < 4.78 is 0. The molecule has 1 heterocycles. The van der Waals surface area contributed by atoms with Gasteiger partial charge in [-0.1, -0.05) is 60.7 Å². The lowest BCUT2D eigenvalue weighted by Crippen LogP contribution is -2.34. The molecular weight excluding hydrogens is 406 g/mol. The van der Waals surface area contributed by atoms with Crippen molar-refractivity contribution in [2.75, 3.05) is 28.3 Å².